The van der Waals surface area contributed by atoms with E-state index >= 15 is 0 Å². The van der Waals surface area contributed by atoms with Crippen molar-refractivity contribution in [3.8, 4) is 0 Å². The number of carboxylic acids is 1. The van der Waals surface area contributed by atoms with Crippen LogP contribution in [-0.4, -0.2) is 40.2 Å². The van der Waals surface area contributed by atoms with Crippen LogP contribution in [0.1, 0.15) is 12.0 Å². The van der Waals surface area contributed by atoms with E-state index in [1.807, 2.05) is 24.3 Å². The van der Waals surface area contributed by atoms with Crippen LogP contribution in [0, 0.1) is 0 Å². The van der Waals surface area contributed by atoms with E-state index in [1.165, 1.54) is 11.3 Å². The minimum atomic E-state index is -1.06. The van der Waals surface area contributed by atoms with Crippen LogP contribution in [0.2, 0.25) is 0 Å². The van der Waals surface area contributed by atoms with Crippen molar-refractivity contribution < 1.29 is 14.7 Å². The molecule has 0 unspecified atom stereocenters. The summed E-state index contributed by atoms with van der Waals surface area (Å²) in [6.45, 7) is 0. The number of carbonyl (C=O) groups excluding carboxylic acids is 1. The number of amides is 1. The lowest BCUT2D eigenvalue weighted by Gasteiger charge is -2.31. The summed E-state index contributed by atoms with van der Waals surface area (Å²) in [5.74, 6) is -0.996. The lowest BCUT2D eigenvalue weighted by atomic mass is 10.1. The molecule has 0 aliphatic carbocycles. The molecule has 3 rings (SSSR count). The van der Waals surface area contributed by atoms with Crippen LogP contribution < -0.4 is 5.43 Å². The summed E-state index contributed by atoms with van der Waals surface area (Å²) in [6, 6.07) is 6.43. The summed E-state index contributed by atoms with van der Waals surface area (Å²) in [4.78, 5) is 30.9. The highest BCUT2D eigenvalue weighted by Crippen LogP contribution is 2.25. The first-order valence-corrected chi connectivity index (χ1v) is 5.68. The number of aliphatic carboxylic acids is 1. The van der Waals surface area contributed by atoms with E-state index in [0.717, 1.165) is 11.3 Å². The number of carbonyl (C=O) groups is 2. The monoisotopic (exact) mass is 258 g/mol. The van der Waals surface area contributed by atoms with Gasteiger partial charge in [-0.2, -0.15) is 0 Å². The number of hydrogen-bond donors (Lipinski definition) is 2. The Bertz CT molecular complexity index is 623. The van der Waals surface area contributed by atoms with Gasteiger partial charge in [-0.05, 0) is 12.1 Å². The maximum absolute atomic E-state index is 11.7. The van der Waals surface area contributed by atoms with Crippen molar-refractivity contribution in [2.75, 3.05) is 0 Å². The summed E-state index contributed by atoms with van der Waals surface area (Å²) in [5, 5.41) is 10.2. The molecule has 0 saturated carbocycles. The van der Waals surface area contributed by atoms with Gasteiger partial charge in [0.15, 0.2) is 5.84 Å². The molecule has 7 nitrogen and oxygen atoms in total. The molecule has 0 bridgehead atoms. The van der Waals surface area contributed by atoms with Crippen LogP contribution in [0.25, 0.3) is 0 Å². The van der Waals surface area contributed by atoms with Crippen molar-refractivity contribution in [2.24, 2.45) is 9.98 Å². The lowest BCUT2D eigenvalue weighted by molar-refractivity contribution is -0.140. The van der Waals surface area contributed by atoms with E-state index in [1.54, 1.807) is 0 Å². The van der Waals surface area contributed by atoms with Gasteiger partial charge in [0.25, 0.3) is 5.91 Å². The summed E-state index contributed by atoms with van der Waals surface area (Å²) < 4.78 is 0. The quantitative estimate of drug-likeness (QED) is 0.797. The predicted molar refractivity (Wildman–Crippen MR) is 67.2 cm³/mol. The van der Waals surface area contributed by atoms with Crippen LogP contribution >= 0.6 is 0 Å². The van der Waals surface area contributed by atoms with Gasteiger partial charge in [-0.15, -0.1) is 0 Å². The molecule has 0 aromatic heterocycles. The van der Waals surface area contributed by atoms with Crippen molar-refractivity contribution in [3.63, 3.8) is 0 Å². The van der Waals surface area contributed by atoms with Gasteiger partial charge in [0.05, 0.1) is 12.1 Å². The van der Waals surface area contributed by atoms with E-state index in [-0.39, 0.29) is 6.42 Å². The summed E-state index contributed by atoms with van der Waals surface area (Å²) in [5.41, 5.74) is 4.07. The van der Waals surface area contributed by atoms with E-state index in [0.29, 0.717) is 5.84 Å². The predicted octanol–water partition coefficient (Wildman–Crippen LogP) is 0.297. The van der Waals surface area contributed by atoms with Crippen LogP contribution in [0.3, 0.4) is 0 Å². The summed E-state index contributed by atoms with van der Waals surface area (Å²) in [7, 11) is 0. The highest BCUT2D eigenvalue weighted by molar-refractivity contribution is 6.13. The SMILES string of the molecule is O=C(O)C[C@@H]1N=C2c3ccccc3N=CN2NC1=O. The largest absolute Gasteiger partial charge is 0.481 e. The number of aliphatic imine (C=N–C) groups is 2. The molecule has 96 valence electrons. The highest BCUT2D eigenvalue weighted by atomic mass is 16.4. The summed E-state index contributed by atoms with van der Waals surface area (Å²) >= 11 is 0. The Morgan fingerprint density at radius 3 is 3.00 bits per heavy atom. The van der Waals surface area contributed by atoms with Gasteiger partial charge in [-0.25, -0.2) is 10.0 Å². The number of amidine groups is 1. The fourth-order valence-corrected chi connectivity index (χ4v) is 2.00. The highest BCUT2D eigenvalue weighted by Gasteiger charge is 2.32. The second-order valence-corrected chi connectivity index (χ2v) is 4.17. The molecule has 0 saturated heterocycles. The van der Waals surface area contributed by atoms with E-state index in [9.17, 15) is 9.59 Å². The van der Waals surface area contributed by atoms with Gasteiger partial charge in [0, 0.05) is 5.56 Å². The lowest BCUT2D eigenvalue weighted by Crippen LogP contribution is -2.54. The van der Waals surface area contributed by atoms with Crippen molar-refractivity contribution in [1.29, 1.82) is 0 Å². The number of rotatable bonds is 2. The molecular formula is C12H10N4O3. The number of fused-ring (bicyclic) bond motifs is 3. The Kier molecular flexibility index (Phi) is 2.52. The normalized spacial score (nSPS) is 20.2. The molecule has 7 heteroatoms. The van der Waals surface area contributed by atoms with E-state index < -0.39 is 17.9 Å². The zero-order valence-corrected chi connectivity index (χ0v) is 9.78. The first-order valence-electron chi connectivity index (χ1n) is 5.68. The average molecular weight is 258 g/mol. The number of benzene rings is 1. The molecule has 2 heterocycles. The molecule has 1 amide bonds. The minimum Gasteiger partial charge on any atom is -0.481 e. The first kappa shape index (κ1) is 11.4. The maximum Gasteiger partial charge on any atom is 0.306 e. The smallest absolute Gasteiger partial charge is 0.306 e. The molecule has 0 spiro atoms. The molecule has 2 aliphatic heterocycles. The van der Waals surface area contributed by atoms with Crippen LogP contribution in [0.5, 0.6) is 0 Å². The molecule has 19 heavy (non-hydrogen) atoms. The Labute approximate surface area is 108 Å². The first-order chi connectivity index (χ1) is 9.15. The van der Waals surface area contributed by atoms with Crippen molar-refractivity contribution in [2.45, 2.75) is 12.5 Å². The van der Waals surface area contributed by atoms with Gasteiger partial charge in [-0.3, -0.25) is 20.0 Å². The fraction of sp³-hybridized carbons (Fsp3) is 0.167. The van der Waals surface area contributed by atoms with Crippen molar-refractivity contribution >= 4 is 29.7 Å². The van der Waals surface area contributed by atoms with Crippen LogP contribution in [0.15, 0.2) is 34.3 Å². The zero-order valence-electron chi connectivity index (χ0n) is 9.78. The second-order valence-electron chi connectivity index (χ2n) is 4.17. The van der Waals surface area contributed by atoms with E-state index in [2.05, 4.69) is 15.4 Å². The number of para-hydroxylation sites is 1. The van der Waals surface area contributed by atoms with Gasteiger partial charge < -0.3 is 5.11 Å². The molecule has 2 N–H and O–H groups in total. The Morgan fingerprint density at radius 1 is 1.42 bits per heavy atom. The van der Waals surface area contributed by atoms with Gasteiger partial charge in [0.2, 0.25) is 0 Å². The standard InChI is InChI=1S/C12H10N4O3/c17-10(18)5-9-12(19)15-16-6-13-8-4-2-1-3-7(8)11(16)14-9/h1-4,6,9H,5H2,(H,15,19)(H,17,18)/t9-/m0/s1. The molecule has 2 aliphatic rings. The summed E-state index contributed by atoms with van der Waals surface area (Å²) in [6.07, 6.45) is 1.12. The number of carboxylic acid groups (broad SMARTS) is 1. The number of nitrogens with zero attached hydrogens (tertiary/aromatic N) is 3. The third kappa shape index (κ3) is 1.95. The fourth-order valence-electron chi connectivity index (χ4n) is 2.00. The van der Waals surface area contributed by atoms with Crippen LogP contribution in [-0.2, 0) is 9.59 Å². The van der Waals surface area contributed by atoms with Gasteiger partial charge in [0.1, 0.15) is 12.4 Å². The molecular weight excluding hydrogens is 248 g/mol. The topological polar surface area (TPSA) is 94.4 Å². The third-order valence-corrected chi connectivity index (χ3v) is 2.86. The number of nitrogens with one attached hydrogen (secondary N) is 1. The molecule has 1 atom stereocenters. The second kappa shape index (κ2) is 4.20. The molecule has 0 radical (unpaired) electrons. The number of hydrogen-bond acceptors (Lipinski definition) is 5. The zero-order chi connectivity index (χ0) is 13.4. The Morgan fingerprint density at radius 2 is 2.21 bits per heavy atom. The minimum absolute atomic E-state index is 0.331. The Hall–Kier alpha value is -2.70. The van der Waals surface area contributed by atoms with Gasteiger partial charge >= 0.3 is 5.97 Å². The average Bonchev–Trinajstić information content (AvgIpc) is 2.39. The van der Waals surface area contributed by atoms with Crippen LogP contribution in [0.4, 0.5) is 5.69 Å². The Balaban J connectivity index is 2.04. The molecule has 1 aromatic carbocycles. The van der Waals surface area contributed by atoms with E-state index in [4.69, 9.17) is 5.11 Å². The third-order valence-electron chi connectivity index (χ3n) is 2.86. The van der Waals surface area contributed by atoms with Crippen molar-refractivity contribution in [3.05, 3.63) is 29.8 Å². The molecule has 0 fully saturated rings. The van der Waals surface area contributed by atoms with Gasteiger partial charge in [-0.1, -0.05) is 12.1 Å². The molecule has 1 aromatic rings. The maximum atomic E-state index is 11.7. The number of hydrazine groups is 1. The van der Waals surface area contributed by atoms with Crippen molar-refractivity contribution in [1.82, 2.24) is 10.4 Å².